The van der Waals surface area contributed by atoms with Gasteiger partial charge in [-0.3, -0.25) is 4.79 Å². The molecule has 19 heavy (non-hydrogen) atoms. The zero-order valence-electron chi connectivity index (χ0n) is 10.0. The first-order chi connectivity index (χ1) is 8.97. The van der Waals surface area contributed by atoms with Gasteiger partial charge >= 0.3 is 0 Å². The van der Waals surface area contributed by atoms with E-state index < -0.39 is 5.82 Å². The highest BCUT2D eigenvalue weighted by Crippen LogP contribution is 2.22. The van der Waals surface area contributed by atoms with Crippen LogP contribution < -0.4 is 5.32 Å². The molecule has 2 nitrogen and oxygen atoms in total. The van der Waals surface area contributed by atoms with Gasteiger partial charge in [-0.05, 0) is 58.7 Å². The Morgan fingerprint density at radius 1 is 1.26 bits per heavy atom. The Morgan fingerprint density at radius 2 is 2.00 bits per heavy atom. The molecule has 1 N–H and O–H groups in total. The van der Waals surface area contributed by atoms with Gasteiger partial charge in [0.05, 0.1) is 4.47 Å². The molecular weight excluding hydrogens is 333 g/mol. The first kappa shape index (κ1) is 14.0. The molecule has 0 saturated heterocycles. The van der Waals surface area contributed by atoms with Crippen LogP contribution in [0.25, 0.3) is 0 Å². The van der Waals surface area contributed by atoms with Crippen LogP contribution in [0.15, 0.2) is 40.9 Å². The van der Waals surface area contributed by atoms with Crippen LogP contribution >= 0.6 is 27.5 Å². The van der Waals surface area contributed by atoms with Crippen molar-refractivity contribution in [3.05, 3.63) is 62.8 Å². The third kappa shape index (κ3) is 3.33. The van der Waals surface area contributed by atoms with Crippen LogP contribution in [0.4, 0.5) is 10.1 Å². The van der Waals surface area contributed by atoms with Gasteiger partial charge in [-0.2, -0.15) is 0 Å². The maximum Gasteiger partial charge on any atom is 0.255 e. The summed E-state index contributed by atoms with van der Waals surface area (Å²) in [6, 6.07) is 9.34. The van der Waals surface area contributed by atoms with Crippen molar-refractivity contribution in [1.82, 2.24) is 0 Å². The smallest absolute Gasteiger partial charge is 0.255 e. The summed E-state index contributed by atoms with van der Waals surface area (Å²) in [5.74, 6) is -0.721. The number of amides is 1. The molecule has 0 aromatic heterocycles. The molecule has 5 heteroatoms. The summed E-state index contributed by atoms with van der Waals surface area (Å²) in [6.45, 7) is 1.87. The third-order valence-corrected chi connectivity index (χ3v) is 3.47. The number of carbonyl (C=O) groups is 1. The lowest BCUT2D eigenvalue weighted by Gasteiger charge is -2.09. The van der Waals surface area contributed by atoms with Crippen molar-refractivity contribution in [2.45, 2.75) is 6.92 Å². The third-order valence-electron chi connectivity index (χ3n) is 2.63. The average molecular weight is 343 g/mol. The molecule has 0 radical (unpaired) electrons. The van der Waals surface area contributed by atoms with E-state index in [1.54, 1.807) is 12.1 Å². The van der Waals surface area contributed by atoms with Gasteiger partial charge in [0, 0.05) is 16.3 Å². The van der Waals surface area contributed by atoms with E-state index in [4.69, 9.17) is 11.6 Å². The molecule has 2 rings (SSSR count). The number of anilines is 1. The number of hydrogen-bond acceptors (Lipinski definition) is 1. The number of halogens is 3. The van der Waals surface area contributed by atoms with E-state index in [0.717, 1.165) is 5.56 Å². The minimum absolute atomic E-state index is 0.253. The summed E-state index contributed by atoms with van der Waals surface area (Å²) in [7, 11) is 0. The molecule has 0 bridgehead atoms. The summed E-state index contributed by atoms with van der Waals surface area (Å²) < 4.78 is 13.4. The van der Waals surface area contributed by atoms with Crippen molar-refractivity contribution >= 4 is 39.1 Å². The molecule has 0 aliphatic rings. The Morgan fingerprint density at radius 3 is 2.68 bits per heavy atom. The number of carbonyl (C=O) groups excluding carboxylic acids is 1. The second-order valence-corrected chi connectivity index (χ2v) is 5.33. The Balaban J connectivity index is 2.25. The van der Waals surface area contributed by atoms with E-state index in [1.165, 1.54) is 18.2 Å². The van der Waals surface area contributed by atoms with E-state index in [2.05, 4.69) is 21.2 Å². The summed E-state index contributed by atoms with van der Waals surface area (Å²) in [4.78, 5) is 12.0. The van der Waals surface area contributed by atoms with Crippen molar-refractivity contribution in [3.63, 3.8) is 0 Å². The van der Waals surface area contributed by atoms with Gasteiger partial charge in [0.15, 0.2) is 0 Å². The minimum atomic E-state index is -0.407. The quantitative estimate of drug-likeness (QED) is 0.834. The monoisotopic (exact) mass is 341 g/mol. The minimum Gasteiger partial charge on any atom is -0.322 e. The molecule has 0 aliphatic heterocycles. The van der Waals surface area contributed by atoms with Crippen LogP contribution in [0.3, 0.4) is 0 Å². The van der Waals surface area contributed by atoms with Crippen LogP contribution in [0, 0.1) is 12.7 Å². The standard InChI is InChI=1S/C14H10BrClFNO/c1-8-2-4-10(16)7-13(8)18-14(19)9-3-5-12(17)11(15)6-9/h2-7H,1H3,(H,18,19). The lowest BCUT2D eigenvalue weighted by Crippen LogP contribution is -2.12. The number of rotatable bonds is 2. The van der Waals surface area contributed by atoms with E-state index in [-0.39, 0.29) is 10.4 Å². The molecule has 2 aromatic carbocycles. The van der Waals surface area contributed by atoms with E-state index in [0.29, 0.717) is 16.3 Å². The molecule has 1 amide bonds. The fourth-order valence-electron chi connectivity index (χ4n) is 1.56. The maximum absolute atomic E-state index is 13.1. The van der Waals surface area contributed by atoms with Crippen LogP contribution in [0.1, 0.15) is 15.9 Å². The highest BCUT2D eigenvalue weighted by molar-refractivity contribution is 9.10. The van der Waals surface area contributed by atoms with E-state index in [1.807, 2.05) is 13.0 Å². The van der Waals surface area contributed by atoms with Gasteiger partial charge in [-0.25, -0.2) is 4.39 Å². The Kier molecular flexibility index (Phi) is 4.22. The highest BCUT2D eigenvalue weighted by Gasteiger charge is 2.10. The van der Waals surface area contributed by atoms with Gasteiger partial charge in [0.2, 0.25) is 0 Å². The summed E-state index contributed by atoms with van der Waals surface area (Å²) in [5, 5.41) is 3.29. The predicted octanol–water partition coefficient (Wildman–Crippen LogP) is 4.80. The first-order valence-electron chi connectivity index (χ1n) is 5.50. The topological polar surface area (TPSA) is 29.1 Å². The van der Waals surface area contributed by atoms with Crippen molar-refractivity contribution < 1.29 is 9.18 Å². The fraction of sp³-hybridized carbons (Fsp3) is 0.0714. The number of hydrogen-bond donors (Lipinski definition) is 1. The molecule has 98 valence electrons. The van der Waals surface area contributed by atoms with Gasteiger partial charge in [0.25, 0.3) is 5.91 Å². The fourth-order valence-corrected chi connectivity index (χ4v) is 2.11. The van der Waals surface area contributed by atoms with E-state index >= 15 is 0 Å². The predicted molar refractivity (Wildman–Crippen MR) is 78.2 cm³/mol. The molecule has 0 fully saturated rings. The lowest BCUT2D eigenvalue weighted by molar-refractivity contribution is 0.102. The molecule has 0 atom stereocenters. The van der Waals surface area contributed by atoms with Crippen LogP contribution in [0.2, 0.25) is 5.02 Å². The Hall–Kier alpha value is -1.39. The second-order valence-electron chi connectivity index (χ2n) is 4.04. The van der Waals surface area contributed by atoms with Crippen molar-refractivity contribution in [1.29, 1.82) is 0 Å². The highest BCUT2D eigenvalue weighted by atomic mass is 79.9. The number of nitrogens with one attached hydrogen (secondary N) is 1. The SMILES string of the molecule is Cc1ccc(Cl)cc1NC(=O)c1ccc(F)c(Br)c1. The molecular formula is C14H10BrClFNO. The van der Waals surface area contributed by atoms with Crippen LogP contribution in [0.5, 0.6) is 0 Å². The van der Waals surface area contributed by atoms with Crippen LogP contribution in [-0.2, 0) is 0 Å². The van der Waals surface area contributed by atoms with Gasteiger partial charge < -0.3 is 5.32 Å². The number of benzene rings is 2. The Labute approximate surface area is 123 Å². The van der Waals surface area contributed by atoms with Crippen molar-refractivity contribution in [3.8, 4) is 0 Å². The van der Waals surface area contributed by atoms with E-state index in [9.17, 15) is 9.18 Å². The maximum atomic E-state index is 13.1. The molecule has 0 aliphatic carbocycles. The van der Waals surface area contributed by atoms with Crippen molar-refractivity contribution in [2.24, 2.45) is 0 Å². The molecule has 0 unspecified atom stereocenters. The number of aryl methyl sites for hydroxylation is 1. The Bertz CT molecular complexity index is 645. The largest absolute Gasteiger partial charge is 0.322 e. The summed E-state index contributed by atoms with van der Waals surface area (Å²) >= 11 is 8.93. The zero-order chi connectivity index (χ0) is 14.0. The molecule has 0 spiro atoms. The summed E-state index contributed by atoms with van der Waals surface area (Å²) in [5.41, 5.74) is 1.91. The van der Waals surface area contributed by atoms with Gasteiger partial charge in [-0.15, -0.1) is 0 Å². The zero-order valence-corrected chi connectivity index (χ0v) is 12.3. The second kappa shape index (κ2) is 5.72. The van der Waals surface area contributed by atoms with Crippen molar-refractivity contribution in [2.75, 3.05) is 5.32 Å². The first-order valence-corrected chi connectivity index (χ1v) is 6.67. The molecule has 2 aromatic rings. The summed E-state index contributed by atoms with van der Waals surface area (Å²) in [6.07, 6.45) is 0. The normalized spacial score (nSPS) is 10.3. The van der Waals surface area contributed by atoms with Gasteiger partial charge in [0.1, 0.15) is 5.82 Å². The lowest BCUT2D eigenvalue weighted by atomic mass is 10.1. The molecule has 0 heterocycles. The van der Waals surface area contributed by atoms with Crippen LogP contribution in [-0.4, -0.2) is 5.91 Å². The molecule has 0 saturated carbocycles. The van der Waals surface area contributed by atoms with Gasteiger partial charge in [-0.1, -0.05) is 17.7 Å². The average Bonchev–Trinajstić information content (AvgIpc) is 2.37.